The van der Waals surface area contributed by atoms with Gasteiger partial charge in [0.2, 0.25) is 0 Å². The summed E-state index contributed by atoms with van der Waals surface area (Å²) in [5, 5.41) is 9.41. The van der Waals surface area contributed by atoms with Crippen LogP contribution in [0.3, 0.4) is 0 Å². The molecule has 0 saturated carbocycles. The summed E-state index contributed by atoms with van der Waals surface area (Å²) in [6, 6.07) is 54.3. The number of rotatable bonds is 6. The fourth-order valence-electron chi connectivity index (χ4n) is 5.68. The fourth-order valence-corrected chi connectivity index (χ4v) is 5.68. The summed E-state index contributed by atoms with van der Waals surface area (Å²) in [6.45, 7) is 0. The average Bonchev–Trinajstić information content (AvgIpc) is 3.18. The van der Waals surface area contributed by atoms with E-state index in [2.05, 4.69) is 54.6 Å². The molecule has 2 aromatic heterocycles. The van der Waals surface area contributed by atoms with Crippen LogP contribution in [0, 0.1) is 11.3 Å². The summed E-state index contributed by atoms with van der Waals surface area (Å²) >= 11 is 0. The molecule has 0 aliphatic carbocycles. The van der Waals surface area contributed by atoms with Crippen LogP contribution in [0.2, 0.25) is 0 Å². The second-order valence-electron chi connectivity index (χ2n) is 11.3. The first-order chi connectivity index (χ1) is 23.7. The molecule has 48 heavy (non-hydrogen) atoms. The number of aromatic nitrogens is 5. The zero-order chi connectivity index (χ0) is 32.3. The summed E-state index contributed by atoms with van der Waals surface area (Å²) in [4.78, 5) is 25.1. The van der Waals surface area contributed by atoms with Crippen LogP contribution in [0.4, 0.5) is 0 Å². The van der Waals surface area contributed by atoms with Crippen molar-refractivity contribution in [2.45, 2.75) is 0 Å². The van der Waals surface area contributed by atoms with Gasteiger partial charge in [0.1, 0.15) is 11.4 Å². The van der Waals surface area contributed by atoms with Crippen LogP contribution in [-0.4, -0.2) is 24.9 Å². The number of nitriles is 1. The van der Waals surface area contributed by atoms with Crippen molar-refractivity contribution in [3.8, 4) is 73.9 Å². The molecule has 0 amide bonds. The Balaban J connectivity index is 1.30. The largest absolute Gasteiger partial charge is 0.244 e. The van der Waals surface area contributed by atoms with E-state index in [1.54, 1.807) is 12.1 Å². The summed E-state index contributed by atoms with van der Waals surface area (Å²) in [5.74, 6) is 1.47. The number of hydrogen-bond acceptors (Lipinski definition) is 6. The van der Waals surface area contributed by atoms with E-state index in [-0.39, 0.29) is 0 Å². The van der Waals surface area contributed by atoms with E-state index in [1.165, 1.54) is 0 Å². The lowest BCUT2D eigenvalue weighted by atomic mass is 10.0. The summed E-state index contributed by atoms with van der Waals surface area (Å²) in [6.07, 6.45) is 0. The minimum atomic E-state index is 0.409. The highest BCUT2D eigenvalue weighted by molar-refractivity contribution is 5.85. The Morgan fingerprint density at radius 3 is 1.17 bits per heavy atom. The Hall–Kier alpha value is -6.84. The average molecular weight is 615 g/mol. The van der Waals surface area contributed by atoms with Crippen molar-refractivity contribution in [3.63, 3.8) is 0 Å². The van der Waals surface area contributed by atoms with E-state index in [0.29, 0.717) is 34.4 Å². The standard InChI is InChI=1S/C42H26N6/c43-27-28-15-17-33(18-16-28)38-39(45-37-14-8-7-13-36(37)44-38)42-47-40(34-23-19-31(20-24-34)29-9-3-1-4-10-29)46-41(48-42)35-25-21-32(22-26-35)30-11-5-2-6-12-30/h1-26H. The molecule has 0 atom stereocenters. The molecular weight excluding hydrogens is 589 g/mol. The van der Waals surface area contributed by atoms with Crippen molar-refractivity contribution in [1.29, 1.82) is 5.26 Å². The predicted octanol–water partition coefficient (Wildman–Crippen LogP) is 9.69. The van der Waals surface area contributed by atoms with Crippen LogP contribution < -0.4 is 0 Å². The molecule has 0 saturated heterocycles. The Bertz CT molecular complexity index is 2320. The predicted molar refractivity (Wildman–Crippen MR) is 190 cm³/mol. The van der Waals surface area contributed by atoms with Gasteiger partial charge in [0.05, 0.1) is 22.7 Å². The molecule has 6 aromatic carbocycles. The Morgan fingerprint density at radius 1 is 0.312 bits per heavy atom. The highest BCUT2D eigenvalue weighted by Crippen LogP contribution is 2.33. The molecule has 8 rings (SSSR count). The molecule has 6 nitrogen and oxygen atoms in total. The molecule has 6 heteroatoms. The van der Waals surface area contributed by atoms with Crippen LogP contribution >= 0.6 is 0 Å². The van der Waals surface area contributed by atoms with Crippen molar-refractivity contribution in [3.05, 3.63) is 163 Å². The normalized spacial score (nSPS) is 10.9. The third kappa shape index (κ3) is 5.68. The summed E-state index contributed by atoms with van der Waals surface area (Å²) in [5.41, 5.74) is 10.2. The van der Waals surface area contributed by atoms with E-state index in [4.69, 9.17) is 24.9 Å². The van der Waals surface area contributed by atoms with Crippen LogP contribution in [-0.2, 0) is 0 Å². The van der Waals surface area contributed by atoms with Gasteiger partial charge in [0.15, 0.2) is 17.5 Å². The smallest absolute Gasteiger partial charge is 0.184 e. The molecule has 8 aromatic rings. The van der Waals surface area contributed by atoms with Gasteiger partial charge in [-0.3, -0.25) is 0 Å². The first-order valence-electron chi connectivity index (χ1n) is 15.6. The lowest BCUT2D eigenvalue weighted by Gasteiger charge is -2.12. The topological polar surface area (TPSA) is 88.2 Å². The van der Waals surface area contributed by atoms with Gasteiger partial charge in [-0.05, 0) is 46.5 Å². The Kier molecular flexibility index (Phi) is 7.46. The number of benzene rings is 6. The van der Waals surface area contributed by atoms with Gasteiger partial charge in [0, 0.05) is 16.7 Å². The fraction of sp³-hybridized carbons (Fsp3) is 0. The number of hydrogen-bond donors (Lipinski definition) is 0. The zero-order valence-electron chi connectivity index (χ0n) is 25.7. The maximum absolute atomic E-state index is 9.41. The molecule has 224 valence electrons. The maximum Gasteiger partial charge on any atom is 0.184 e. The number of nitrogens with zero attached hydrogens (tertiary/aromatic N) is 6. The molecular formula is C42H26N6. The summed E-state index contributed by atoms with van der Waals surface area (Å²) < 4.78 is 0. The first-order valence-corrected chi connectivity index (χ1v) is 15.6. The molecule has 0 bridgehead atoms. The van der Waals surface area contributed by atoms with E-state index in [9.17, 15) is 5.26 Å². The van der Waals surface area contributed by atoms with Crippen molar-refractivity contribution >= 4 is 11.0 Å². The third-order valence-electron chi connectivity index (χ3n) is 8.21. The molecule has 0 fully saturated rings. The van der Waals surface area contributed by atoms with Crippen molar-refractivity contribution in [2.75, 3.05) is 0 Å². The molecule has 0 N–H and O–H groups in total. The molecule has 0 radical (unpaired) electrons. The zero-order valence-corrected chi connectivity index (χ0v) is 25.7. The monoisotopic (exact) mass is 614 g/mol. The minimum Gasteiger partial charge on any atom is -0.244 e. The molecule has 2 heterocycles. The van der Waals surface area contributed by atoms with Crippen LogP contribution in [0.25, 0.3) is 78.8 Å². The molecule has 0 aliphatic heterocycles. The van der Waals surface area contributed by atoms with E-state index < -0.39 is 0 Å². The van der Waals surface area contributed by atoms with Crippen molar-refractivity contribution in [2.24, 2.45) is 0 Å². The Morgan fingerprint density at radius 2 is 0.688 bits per heavy atom. The highest BCUT2D eigenvalue weighted by atomic mass is 15.1. The SMILES string of the molecule is N#Cc1ccc(-c2nc3ccccc3nc2-c2nc(-c3ccc(-c4ccccc4)cc3)nc(-c3ccc(-c4ccccc4)cc3)n2)cc1. The summed E-state index contributed by atoms with van der Waals surface area (Å²) in [7, 11) is 0. The van der Waals surface area contributed by atoms with Crippen LogP contribution in [0.15, 0.2) is 158 Å². The van der Waals surface area contributed by atoms with Crippen molar-refractivity contribution in [1.82, 2.24) is 24.9 Å². The molecule has 0 aliphatic rings. The second-order valence-corrected chi connectivity index (χ2v) is 11.3. The number of fused-ring (bicyclic) bond motifs is 1. The maximum atomic E-state index is 9.41. The van der Waals surface area contributed by atoms with Gasteiger partial charge in [0.25, 0.3) is 0 Å². The van der Waals surface area contributed by atoms with Crippen molar-refractivity contribution < 1.29 is 0 Å². The lowest BCUT2D eigenvalue weighted by Crippen LogP contribution is -2.04. The number of para-hydroxylation sites is 2. The van der Waals surface area contributed by atoms with Gasteiger partial charge in [-0.1, -0.05) is 133 Å². The molecule has 0 unspecified atom stereocenters. The quantitative estimate of drug-likeness (QED) is 0.185. The molecule has 0 spiro atoms. The highest BCUT2D eigenvalue weighted by Gasteiger charge is 2.19. The lowest BCUT2D eigenvalue weighted by molar-refractivity contribution is 1.06. The van der Waals surface area contributed by atoms with Gasteiger partial charge in [-0.25, -0.2) is 24.9 Å². The minimum absolute atomic E-state index is 0.409. The van der Waals surface area contributed by atoms with E-state index in [0.717, 1.165) is 50.0 Å². The van der Waals surface area contributed by atoms with Crippen LogP contribution in [0.1, 0.15) is 5.56 Å². The van der Waals surface area contributed by atoms with Gasteiger partial charge >= 0.3 is 0 Å². The second kappa shape index (κ2) is 12.5. The van der Waals surface area contributed by atoms with Gasteiger partial charge < -0.3 is 0 Å². The Labute approximate surface area is 277 Å². The van der Waals surface area contributed by atoms with Gasteiger partial charge in [-0.2, -0.15) is 5.26 Å². The first kappa shape index (κ1) is 28.6. The van der Waals surface area contributed by atoms with Crippen LogP contribution in [0.5, 0.6) is 0 Å². The van der Waals surface area contributed by atoms with E-state index >= 15 is 0 Å². The van der Waals surface area contributed by atoms with Gasteiger partial charge in [-0.15, -0.1) is 0 Å². The third-order valence-corrected chi connectivity index (χ3v) is 8.21. The van der Waals surface area contributed by atoms with E-state index in [1.807, 2.05) is 97.1 Å².